The minimum atomic E-state index is -2.70. The molecule has 1 amide bonds. The summed E-state index contributed by atoms with van der Waals surface area (Å²) in [4.78, 5) is 12.5. The average molecular weight is 348 g/mol. The van der Waals surface area contributed by atoms with E-state index in [1.165, 1.54) is 0 Å². The normalized spacial score (nSPS) is 16.8. The number of nitrogens with two attached hydrogens (primary N) is 1. The number of amides is 1. The monoisotopic (exact) mass is 348 g/mol. The van der Waals surface area contributed by atoms with Crippen molar-refractivity contribution in [1.82, 2.24) is 15.1 Å². The number of nitrogens with one attached hydrogen (secondary N) is 1. The van der Waals surface area contributed by atoms with Gasteiger partial charge >= 0.3 is 6.55 Å². The molecule has 7 heteroatoms. The summed E-state index contributed by atoms with van der Waals surface area (Å²) in [5.41, 5.74) is 10.2. The summed E-state index contributed by atoms with van der Waals surface area (Å²) < 4.78 is 26.5. The first-order valence-corrected chi connectivity index (χ1v) is 8.37. The molecule has 3 N–H and O–H groups in total. The van der Waals surface area contributed by atoms with Gasteiger partial charge in [-0.1, -0.05) is 6.07 Å². The van der Waals surface area contributed by atoms with Crippen molar-refractivity contribution in [3.05, 3.63) is 46.3 Å². The molecule has 2 aromatic rings. The quantitative estimate of drug-likeness (QED) is 0.833. The Morgan fingerprint density at radius 3 is 2.88 bits per heavy atom. The van der Waals surface area contributed by atoms with Crippen molar-refractivity contribution < 1.29 is 13.6 Å². The molecule has 1 aliphatic rings. The minimum absolute atomic E-state index is 0.0468. The Balaban J connectivity index is 1.75. The van der Waals surface area contributed by atoms with Gasteiger partial charge in [-0.2, -0.15) is 13.9 Å². The number of aryl methyl sites for hydroxylation is 2. The van der Waals surface area contributed by atoms with Crippen LogP contribution in [0, 0.1) is 13.8 Å². The lowest BCUT2D eigenvalue weighted by atomic mass is 9.87. The third-order valence-corrected chi connectivity index (χ3v) is 4.81. The molecular formula is C18H22F2N4O. The van der Waals surface area contributed by atoms with E-state index in [-0.39, 0.29) is 18.4 Å². The number of fused-ring (bicyclic) bond motifs is 1. The molecule has 25 heavy (non-hydrogen) atoms. The molecule has 0 radical (unpaired) electrons. The molecule has 0 bridgehead atoms. The topological polar surface area (TPSA) is 72.9 Å². The zero-order valence-electron chi connectivity index (χ0n) is 14.4. The van der Waals surface area contributed by atoms with Gasteiger partial charge in [-0.25, -0.2) is 4.68 Å². The predicted molar refractivity (Wildman–Crippen MR) is 91.3 cm³/mol. The van der Waals surface area contributed by atoms with Gasteiger partial charge in [-0.3, -0.25) is 4.79 Å². The summed E-state index contributed by atoms with van der Waals surface area (Å²) in [7, 11) is 0. The number of hydrogen-bond acceptors (Lipinski definition) is 3. The first-order chi connectivity index (χ1) is 11.9. The van der Waals surface area contributed by atoms with Gasteiger partial charge in [0, 0.05) is 16.9 Å². The maximum atomic E-state index is 12.9. The molecule has 0 spiro atoms. The molecule has 1 heterocycles. The van der Waals surface area contributed by atoms with E-state index in [4.69, 9.17) is 5.73 Å². The third kappa shape index (κ3) is 3.50. The molecule has 1 atom stereocenters. The highest BCUT2D eigenvalue weighted by Gasteiger charge is 2.24. The van der Waals surface area contributed by atoms with E-state index < -0.39 is 6.55 Å². The van der Waals surface area contributed by atoms with Crippen molar-refractivity contribution in [3.8, 4) is 0 Å². The van der Waals surface area contributed by atoms with Crippen LogP contribution in [0.1, 0.15) is 53.5 Å². The first kappa shape index (κ1) is 17.4. The lowest BCUT2D eigenvalue weighted by molar-refractivity contribution is -0.121. The van der Waals surface area contributed by atoms with Crippen LogP contribution >= 0.6 is 0 Å². The molecule has 0 aliphatic heterocycles. The number of nitrogens with zero attached hydrogens (tertiary/aromatic N) is 2. The summed E-state index contributed by atoms with van der Waals surface area (Å²) in [6.45, 7) is 0.506. The Hall–Kier alpha value is -2.44. The SMILES string of the molecule is Cc1nn(C(F)F)c(C)c1CC(=O)NC1CCCc2cc(N)ccc21. The molecule has 1 aromatic carbocycles. The molecule has 3 rings (SSSR count). The zero-order valence-corrected chi connectivity index (χ0v) is 14.4. The number of hydrogen-bond donors (Lipinski definition) is 2. The van der Waals surface area contributed by atoms with Crippen molar-refractivity contribution in [1.29, 1.82) is 0 Å². The predicted octanol–water partition coefficient (Wildman–Crippen LogP) is 3.21. The number of benzene rings is 1. The van der Waals surface area contributed by atoms with Gasteiger partial charge in [0.1, 0.15) is 0 Å². The number of carbonyl (C=O) groups excluding carboxylic acids is 1. The van der Waals surface area contributed by atoms with Gasteiger partial charge in [0.15, 0.2) is 0 Å². The number of aromatic nitrogens is 2. The summed E-state index contributed by atoms with van der Waals surface area (Å²) >= 11 is 0. The molecule has 1 unspecified atom stereocenters. The highest BCUT2D eigenvalue weighted by atomic mass is 19.3. The number of alkyl halides is 2. The Kier molecular flexibility index (Phi) is 4.74. The smallest absolute Gasteiger partial charge is 0.333 e. The maximum absolute atomic E-state index is 12.9. The van der Waals surface area contributed by atoms with Crippen LogP contribution in [0.3, 0.4) is 0 Å². The number of carbonyl (C=O) groups is 1. The lowest BCUT2D eigenvalue weighted by Crippen LogP contribution is -2.32. The number of halogens is 2. The molecule has 1 aromatic heterocycles. The fourth-order valence-corrected chi connectivity index (χ4v) is 3.53. The van der Waals surface area contributed by atoms with Crippen molar-refractivity contribution in [2.45, 2.75) is 52.1 Å². The van der Waals surface area contributed by atoms with Crippen LogP contribution in [-0.2, 0) is 17.6 Å². The van der Waals surface area contributed by atoms with Crippen LogP contribution < -0.4 is 11.1 Å². The fraction of sp³-hybridized carbons (Fsp3) is 0.444. The number of nitrogen functional groups attached to an aromatic ring is 1. The third-order valence-electron chi connectivity index (χ3n) is 4.81. The maximum Gasteiger partial charge on any atom is 0.333 e. The Morgan fingerprint density at radius 2 is 2.20 bits per heavy atom. The van der Waals surface area contributed by atoms with Crippen molar-refractivity contribution >= 4 is 11.6 Å². The summed E-state index contributed by atoms with van der Waals surface area (Å²) in [5.74, 6) is -0.185. The zero-order chi connectivity index (χ0) is 18.1. The van der Waals surface area contributed by atoms with E-state index in [1.54, 1.807) is 13.8 Å². The Morgan fingerprint density at radius 1 is 1.44 bits per heavy atom. The van der Waals surface area contributed by atoms with Crippen molar-refractivity contribution in [2.75, 3.05) is 5.73 Å². The molecule has 134 valence electrons. The molecule has 0 fully saturated rings. The first-order valence-electron chi connectivity index (χ1n) is 8.37. The lowest BCUT2D eigenvalue weighted by Gasteiger charge is -2.26. The van der Waals surface area contributed by atoms with E-state index in [2.05, 4.69) is 10.4 Å². The van der Waals surface area contributed by atoms with Crippen LogP contribution in [-0.4, -0.2) is 15.7 Å². The van der Waals surface area contributed by atoms with Crippen LogP contribution in [0.25, 0.3) is 0 Å². The molecule has 0 saturated carbocycles. The van der Waals surface area contributed by atoms with E-state index in [0.29, 0.717) is 21.6 Å². The standard InChI is InChI=1S/C18H22F2N4O/c1-10-15(11(2)24(23-10)18(19)20)9-17(25)22-16-5-3-4-12-8-13(21)6-7-14(12)16/h6-8,16,18H,3-5,9,21H2,1-2H3,(H,22,25). The van der Waals surface area contributed by atoms with E-state index in [1.807, 2.05) is 18.2 Å². The highest BCUT2D eigenvalue weighted by molar-refractivity contribution is 5.79. The van der Waals surface area contributed by atoms with E-state index >= 15 is 0 Å². The van der Waals surface area contributed by atoms with Gasteiger partial charge in [0.05, 0.1) is 18.2 Å². The number of rotatable bonds is 4. The Bertz CT molecular complexity index is 801. The number of anilines is 1. The molecule has 1 aliphatic carbocycles. The summed E-state index contributed by atoms with van der Waals surface area (Å²) in [6.07, 6.45) is 2.83. The fourth-order valence-electron chi connectivity index (χ4n) is 3.53. The Labute approximate surface area is 145 Å². The van der Waals surface area contributed by atoms with Crippen LogP contribution in [0.2, 0.25) is 0 Å². The second kappa shape index (κ2) is 6.82. The summed E-state index contributed by atoms with van der Waals surface area (Å²) in [6, 6.07) is 5.68. The van der Waals surface area contributed by atoms with E-state index in [0.717, 1.165) is 36.1 Å². The molecule has 0 saturated heterocycles. The van der Waals surface area contributed by atoms with Gasteiger partial charge in [0.2, 0.25) is 5.91 Å². The molecular weight excluding hydrogens is 326 g/mol. The second-order valence-corrected chi connectivity index (χ2v) is 6.52. The van der Waals surface area contributed by atoms with E-state index in [9.17, 15) is 13.6 Å². The van der Waals surface area contributed by atoms with Crippen LogP contribution in [0.5, 0.6) is 0 Å². The summed E-state index contributed by atoms with van der Waals surface area (Å²) in [5, 5.41) is 6.86. The van der Waals surface area contributed by atoms with Gasteiger partial charge < -0.3 is 11.1 Å². The largest absolute Gasteiger partial charge is 0.399 e. The highest BCUT2D eigenvalue weighted by Crippen LogP contribution is 2.31. The van der Waals surface area contributed by atoms with Crippen molar-refractivity contribution in [3.63, 3.8) is 0 Å². The molecule has 5 nitrogen and oxygen atoms in total. The van der Waals surface area contributed by atoms with Gasteiger partial charge in [-0.15, -0.1) is 0 Å². The van der Waals surface area contributed by atoms with Gasteiger partial charge in [-0.05, 0) is 56.4 Å². The second-order valence-electron chi connectivity index (χ2n) is 6.52. The van der Waals surface area contributed by atoms with Crippen LogP contribution in [0.15, 0.2) is 18.2 Å². The van der Waals surface area contributed by atoms with Gasteiger partial charge in [0.25, 0.3) is 0 Å². The average Bonchev–Trinajstić information content (AvgIpc) is 2.83. The van der Waals surface area contributed by atoms with Crippen LogP contribution in [0.4, 0.5) is 14.5 Å². The van der Waals surface area contributed by atoms with Crippen molar-refractivity contribution in [2.24, 2.45) is 0 Å². The minimum Gasteiger partial charge on any atom is -0.399 e.